The molecule has 112 valence electrons. The molecule has 0 bridgehead atoms. The van der Waals surface area contributed by atoms with Gasteiger partial charge in [0, 0.05) is 25.2 Å². The van der Waals surface area contributed by atoms with E-state index in [0.29, 0.717) is 28.1 Å². The Hall–Kier alpha value is -0.320. The van der Waals surface area contributed by atoms with Gasteiger partial charge in [0.2, 0.25) is 0 Å². The Morgan fingerprint density at radius 3 is 3.00 bits per heavy atom. The summed E-state index contributed by atoms with van der Waals surface area (Å²) in [6.45, 7) is 5.60. The molecule has 1 N–H and O–H groups in total. The van der Waals surface area contributed by atoms with E-state index in [-0.39, 0.29) is 0 Å². The molecule has 2 rings (SSSR count). The third-order valence-electron chi connectivity index (χ3n) is 3.74. The summed E-state index contributed by atoms with van der Waals surface area (Å²) in [6, 6.07) is 5.37. The van der Waals surface area contributed by atoms with Crippen molar-refractivity contribution in [1.29, 1.82) is 0 Å². The van der Waals surface area contributed by atoms with Crippen molar-refractivity contribution >= 4 is 23.2 Å². The fourth-order valence-corrected chi connectivity index (χ4v) is 2.90. The number of hydrogen-bond acceptors (Lipinski definition) is 3. The van der Waals surface area contributed by atoms with Crippen LogP contribution in [0.5, 0.6) is 0 Å². The second-order valence-electron chi connectivity index (χ2n) is 5.15. The highest BCUT2D eigenvalue weighted by atomic mass is 35.5. The molecule has 1 aliphatic rings. The predicted octanol–water partition coefficient (Wildman–Crippen LogP) is 3.53. The number of rotatable bonds is 5. The van der Waals surface area contributed by atoms with Crippen LogP contribution in [0.4, 0.5) is 0 Å². The summed E-state index contributed by atoms with van der Waals surface area (Å²) < 4.78 is 5.64. The van der Waals surface area contributed by atoms with Gasteiger partial charge in [-0.1, -0.05) is 42.3 Å². The molecule has 3 nitrogen and oxygen atoms in total. The first kappa shape index (κ1) is 16.1. The summed E-state index contributed by atoms with van der Waals surface area (Å²) in [4.78, 5) is 2.33. The van der Waals surface area contributed by atoms with E-state index >= 15 is 0 Å². The lowest BCUT2D eigenvalue weighted by Gasteiger charge is -2.32. The van der Waals surface area contributed by atoms with E-state index in [4.69, 9.17) is 27.9 Å². The molecule has 1 aromatic rings. The van der Waals surface area contributed by atoms with Gasteiger partial charge in [0.1, 0.15) is 0 Å². The highest BCUT2D eigenvalue weighted by Crippen LogP contribution is 2.31. The van der Waals surface area contributed by atoms with E-state index < -0.39 is 6.10 Å². The van der Waals surface area contributed by atoms with Crippen molar-refractivity contribution in [3.8, 4) is 0 Å². The van der Waals surface area contributed by atoms with Gasteiger partial charge >= 0.3 is 0 Å². The smallest absolute Gasteiger partial charge is 0.0817 e. The molecule has 1 fully saturated rings. The molecule has 0 aromatic heterocycles. The first-order valence-corrected chi connectivity index (χ1v) is 7.83. The lowest BCUT2D eigenvalue weighted by Crippen LogP contribution is -2.42. The van der Waals surface area contributed by atoms with Crippen molar-refractivity contribution in [2.24, 2.45) is 0 Å². The van der Waals surface area contributed by atoms with Crippen LogP contribution in [-0.2, 0) is 4.74 Å². The van der Waals surface area contributed by atoms with Crippen LogP contribution >= 0.6 is 23.2 Å². The molecule has 0 saturated carbocycles. The minimum absolute atomic E-state index is 0.315. The maximum Gasteiger partial charge on any atom is 0.0817 e. The van der Waals surface area contributed by atoms with Crippen molar-refractivity contribution in [3.63, 3.8) is 0 Å². The largest absolute Gasteiger partial charge is 0.388 e. The minimum Gasteiger partial charge on any atom is -0.388 e. The SMILES string of the molecule is CCC1CN(CCC(O)c2cccc(Cl)c2Cl)CCO1. The maximum atomic E-state index is 10.3. The molecule has 2 atom stereocenters. The van der Waals surface area contributed by atoms with Gasteiger partial charge in [-0.2, -0.15) is 0 Å². The number of morpholine rings is 1. The van der Waals surface area contributed by atoms with Crippen molar-refractivity contribution in [1.82, 2.24) is 4.90 Å². The van der Waals surface area contributed by atoms with E-state index in [1.54, 1.807) is 6.07 Å². The van der Waals surface area contributed by atoms with Gasteiger partial charge in [-0.15, -0.1) is 0 Å². The second kappa shape index (κ2) is 7.62. The molecule has 1 aromatic carbocycles. The number of aliphatic hydroxyl groups is 1. The third kappa shape index (κ3) is 4.09. The van der Waals surface area contributed by atoms with Crippen molar-refractivity contribution in [2.75, 3.05) is 26.2 Å². The average Bonchev–Trinajstić information content (AvgIpc) is 2.48. The Morgan fingerprint density at radius 1 is 1.45 bits per heavy atom. The van der Waals surface area contributed by atoms with Crippen molar-refractivity contribution in [2.45, 2.75) is 32.0 Å². The van der Waals surface area contributed by atoms with Crippen LogP contribution in [0, 0.1) is 0 Å². The highest BCUT2D eigenvalue weighted by molar-refractivity contribution is 6.42. The molecule has 1 saturated heterocycles. The maximum absolute atomic E-state index is 10.3. The van der Waals surface area contributed by atoms with Gasteiger partial charge in [0.25, 0.3) is 0 Å². The molecule has 0 radical (unpaired) electrons. The van der Waals surface area contributed by atoms with E-state index in [9.17, 15) is 5.11 Å². The van der Waals surface area contributed by atoms with Crippen LogP contribution in [0.2, 0.25) is 10.0 Å². The Morgan fingerprint density at radius 2 is 2.25 bits per heavy atom. The van der Waals surface area contributed by atoms with Crippen LogP contribution in [0.3, 0.4) is 0 Å². The fraction of sp³-hybridized carbons (Fsp3) is 0.600. The number of aliphatic hydroxyl groups excluding tert-OH is 1. The lowest BCUT2D eigenvalue weighted by atomic mass is 10.1. The Balaban J connectivity index is 1.88. The van der Waals surface area contributed by atoms with Gasteiger partial charge in [0.15, 0.2) is 0 Å². The second-order valence-corrected chi connectivity index (χ2v) is 5.93. The quantitative estimate of drug-likeness (QED) is 0.901. The molecule has 0 amide bonds. The van der Waals surface area contributed by atoms with Crippen LogP contribution in [0.25, 0.3) is 0 Å². The van der Waals surface area contributed by atoms with E-state index in [0.717, 1.165) is 32.7 Å². The summed E-state index contributed by atoms with van der Waals surface area (Å²) in [6.07, 6.45) is 1.41. The first-order chi connectivity index (χ1) is 9.61. The van der Waals surface area contributed by atoms with Gasteiger partial charge in [-0.3, -0.25) is 4.90 Å². The van der Waals surface area contributed by atoms with E-state index in [2.05, 4.69) is 11.8 Å². The third-order valence-corrected chi connectivity index (χ3v) is 4.57. The van der Waals surface area contributed by atoms with Crippen molar-refractivity contribution in [3.05, 3.63) is 33.8 Å². The number of ether oxygens (including phenoxy) is 1. The molecule has 5 heteroatoms. The monoisotopic (exact) mass is 317 g/mol. The topological polar surface area (TPSA) is 32.7 Å². The minimum atomic E-state index is -0.580. The van der Waals surface area contributed by atoms with Gasteiger partial charge in [-0.25, -0.2) is 0 Å². The molecular formula is C15H21Cl2NO2. The molecule has 1 heterocycles. The molecule has 0 aliphatic carbocycles. The molecule has 1 aliphatic heterocycles. The van der Waals surface area contributed by atoms with Gasteiger partial charge < -0.3 is 9.84 Å². The molecular weight excluding hydrogens is 297 g/mol. The summed E-state index contributed by atoms with van der Waals surface area (Å²) in [7, 11) is 0. The molecule has 2 unspecified atom stereocenters. The van der Waals surface area contributed by atoms with Crippen LogP contribution in [-0.4, -0.2) is 42.4 Å². The number of benzene rings is 1. The Bertz CT molecular complexity index is 442. The van der Waals surface area contributed by atoms with Gasteiger partial charge in [-0.05, 0) is 18.9 Å². The summed E-state index contributed by atoms with van der Waals surface area (Å²) in [5.74, 6) is 0. The Labute approximate surface area is 130 Å². The predicted molar refractivity (Wildman–Crippen MR) is 82.5 cm³/mol. The number of halogens is 2. The van der Waals surface area contributed by atoms with Gasteiger partial charge in [0.05, 0.1) is 28.9 Å². The summed E-state index contributed by atoms with van der Waals surface area (Å²) in [5.41, 5.74) is 0.708. The van der Waals surface area contributed by atoms with Crippen molar-refractivity contribution < 1.29 is 9.84 Å². The first-order valence-electron chi connectivity index (χ1n) is 7.07. The van der Waals surface area contributed by atoms with Crippen LogP contribution in [0.15, 0.2) is 18.2 Å². The standard InChI is InChI=1S/C15H21Cl2NO2/c1-2-11-10-18(8-9-20-11)7-6-14(19)12-4-3-5-13(16)15(12)17/h3-5,11,14,19H,2,6-10H2,1H3. The Kier molecular flexibility index (Phi) is 6.12. The number of nitrogens with zero attached hydrogens (tertiary/aromatic N) is 1. The molecule has 0 spiro atoms. The fourth-order valence-electron chi connectivity index (χ4n) is 2.47. The highest BCUT2D eigenvalue weighted by Gasteiger charge is 2.20. The lowest BCUT2D eigenvalue weighted by molar-refractivity contribution is -0.0330. The summed E-state index contributed by atoms with van der Waals surface area (Å²) >= 11 is 12.1. The zero-order valence-corrected chi connectivity index (χ0v) is 13.2. The average molecular weight is 318 g/mol. The van der Waals surface area contributed by atoms with E-state index in [1.165, 1.54) is 0 Å². The summed E-state index contributed by atoms with van der Waals surface area (Å²) in [5, 5.41) is 11.2. The van der Waals surface area contributed by atoms with Crippen LogP contribution in [0.1, 0.15) is 31.4 Å². The zero-order valence-electron chi connectivity index (χ0n) is 11.7. The number of hydrogen-bond donors (Lipinski definition) is 1. The zero-order chi connectivity index (χ0) is 14.5. The normalized spacial score (nSPS) is 21.9. The molecule has 20 heavy (non-hydrogen) atoms. The van der Waals surface area contributed by atoms with Crippen LogP contribution < -0.4 is 0 Å². The van der Waals surface area contributed by atoms with E-state index in [1.807, 2.05) is 12.1 Å².